The van der Waals surface area contributed by atoms with Crippen LogP contribution in [0.2, 0.25) is 5.15 Å². The number of halogens is 1. The first-order chi connectivity index (χ1) is 5.68. The van der Waals surface area contributed by atoms with Crippen LogP contribution in [0, 0.1) is 5.92 Å². The van der Waals surface area contributed by atoms with E-state index in [0.717, 1.165) is 18.7 Å². The fourth-order valence-corrected chi connectivity index (χ4v) is 1.07. The number of aromatic nitrogens is 2. The van der Waals surface area contributed by atoms with Gasteiger partial charge in [-0.05, 0) is 18.4 Å². The summed E-state index contributed by atoms with van der Waals surface area (Å²) in [5, 5.41) is 0.531. The maximum atomic E-state index is 5.71. The standard InChI is InChI=1S/C9H13ClN2/c1-7(2)3-4-9-11-6-5-8(10)12-9/h5-7H,3-4H2,1-2H3. The van der Waals surface area contributed by atoms with Gasteiger partial charge in [0.15, 0.2) is 0 Å². The van der Waals surface area contributed by atoms with Gasteiger partial charge < -0.3 is 0 Å². The van der Waals surface area contributed by atoms with E-state index >= 15 is 0 Å². The maximum Gasteiger partial charge on any atom is 0.132 e. The Morgan fingerprint density at radius 2 is 2.25 bits per heavy atom. The number of hydrogen-bond donors (Lipinski definition) is 0. The number of nitrogens with zero attached hydrogens (tertiary/aromatic N) is 2. The zero-order valence-electron chi connectivity index (χ0n) is 7.42. The molecule has 0 aromatic carbocycles. The summed E-state index contributed by atoms with van der Waals surface area (Å²) in [5.74, 6) is 1.53. The maximum absolute atomic E-state index is 5.71. The van der Waals surface area contributed by atoms with Crippen LogP contribution < -0.4 is 0 Å². The van der Waals surface area contributed by atoms with Gasteiger partial charge in [0.1, 0.15) is 11.0 Å². The molecule has 3 heteroatoms. The SMILES string of the molecule is CC(C)CCc1nccc(Cl)n1. The van der Waals surface area contributed by atoms with Crippen molar-refractivity contribution in [1.82, 2.24) is 9.97 Å². The van der Waals surface area contributed by atoms with E-state index in [9.17, 15) is 0 Å². The van der Waals surface area contributed by atoms with E-state index in [0.29, 0.717) is 11.1 Å². The molecule has 1 aromatic heterocycles. The highest BCUT2D eigenvalue weighted by Crippen LogP contribution is 2.07. The fraction of sp³-hybridized carbons (Fsp3) is 0.556. The van der Waals surface area contributed by atoms with Crippen molar-refractivity contribution in [2.75, 3.05) is 0 Å². The largest absolute Gasteiger partial charge is 0.241 e. The minimum absolute atomic E-state index is 0.531. The van der Waals surface area contributed by atoms with Gasteiger partial charge in [0.25, 0.3) is 0 Å². The predicted octanol–water partition coefficient (Wildman–Crippen LogP) is 2.72. The molecular formula is C9H13ClN2. The van der Waals surface area contributed by atoms with Gasteiger partial charge in [0.2, 0.25) is 0 Å². The number of hydrogen-bond acceptors (Lipinski definition) is 2. The summed E-state index contributed by atoms with van der Waals surface area (Å²) in [5.41, 5.74) is 0. The monoisotopic (exact) mass is 184 g/mol. The third-order valence-corrected chi connectivity index (χ3v) is 1.83. The molecule has 1 aromatic rings. The molecule has 1 heterocycles. The first kappa shape index (κ1) is 9.46. The summed E-state index contributed by atoms with van der Waals surface area (Å²) in [6.45, 7) is 4.37. The Bertz CT molecular complexity index is 248. The predicted molar refractivity (Wildman–Crippen MR) is 50.2 cm³/mol. The lowest BCUT2D eigenvalue weighted by molar-refractivity contribution is 0.574. The molecule has 1 rings (SSSR count). The van der Waals surface area contributed by atoms with E-state index in [2.05, 4.69) is 23.8 Å². The lowest BCUT2D eigenvalue weighted by Gasteiger charge is -2.02. The zero-order chi connectivity index (χ0) is 8.97. The molecule has 0 bridgehead atoms. The highest BCUT2D eigenvalue weighted by Gasteiger charge is 1.99. The van der Waals surface area contributed by atoms with E-state index in [1.165, 1.54) is 0 Å². The highest BCUT2D eigenvalue weighted by molar-refractivity contribution is 6.29. The normalized spacial score (nSPS) is 10.7. The van der Waals surface area contributed by atoms with Crippen LogP contribution in [0.4, 0.5) is 0 Å². The Hall–Kier alpha value is -0.630. The molecule has 0 radical (unpaired) electrons. The highest BCUT2D eigenvalue weighted by atomic mass is 35.5. The second-order valence-corrected chi connectivity index (χ2v) is 3.62. The molecule has 0 saturated heterocycles. The summed E-state index contributed by atoms with van der Waals surface area (Å²) in [6, 6.07) is 1.69. The second-order valence-electron chi connectivity index (χ2n) is 3.23. The van der Waals surface area contributed by atoms with E-state index in [1.807, 2.05) is 0 Å². The van der Waals surface area contributed by atoms with Crippen molar-refractivity contribution in [2.24, 2.45) is 5.92 Å². The van der Waals surface area contributed by atoms with Gasteiger partial charge >= 0.3 is 0 Å². The molecule has 0 fully saturated rings. The average molecular weight is 185 g/mol. The molecule has 0 saturated carbocycles. The van der Waals surface area contributed by atoms with Gasteiger partial charge in [-0.1, -0.05) is 25.4 Å². The molecule has 2 nitrogen and oxygen atoms in total. The van der Waals surface area contributed by atoms with E-state index < -0.39 is 0 Å². The third-order valence-electron chi connectivity index (χ3n) is 1.62. The smallest absolute Gasteiger partial charge is 0.132 e. The summed E-state index contributed by atoms with van der Waals surface area (Å²) < 4.78 is 0. The van der Waals surface area contributed by atoms with E-state index in [-0.39, 0.29) is 0 Å². The zero-order valence-corrected chi connectivity index (χ0v) is 8.17. The Labute approximate surface area is 78.0 Å². The molecule has 0 amide bonds. The molecule has 0 aliphatic carbocycles. The minimum atomic E-state index is 0.531. The molecule has 0 aliphatic rings. The first-order valence-corrected chi connectivity index (χ1v) is 4.53. The van der Waals surface area contributed by atoms with Crippen LogP contribution in [0.5, 0.6) is 0 Å². The van der Waals surface area contributed by atoms with Crippen LogP contribution >= 0.6 is 11.6 Å². The summed E-state index contributed by atoms with van der Waals surface area (Å²) in [4.78, 5) is 8.22. The average Bonchev–Trinajstić information content (AvgIpc) is 2.01. The number of rotatable bonds is 3. The van der Waals surface area contributed by atoms with Crippen molar-refractivity contribution < 1.29 is 0 Å². The molecule has 0 atom stereocenters. The Kier molecular flexibility index (Phi) is 3.48. The van der Waals surface area contributed by atoms with Crippen molar-refractivity contribution in [3.05, 3.63) is 23.2 Å². The summed E-state index contributed by atoms with van der Waals surface area (Å²) >= 11 is 5.71. The second kappa shape index (κ2) is 4.41. The van der Waals surface area contributed by atoms with Crippen LogP contribution in [0.3, 0.4) is 0 Å². The topological polar surface area (TPSA) is 25.8 Å². The van der Waals surface area contributed by atoms with Crippen LogP contribution in [-0.4, -0.2) is 9.97 Å². The summed E-state index contributed by atoms with van der Waals surface area (Å²) in [6.07, 6.45) is 3.73. The van der Waals surface area contributed by atoms with Crippen molar-refractivity contribution in [3.63, 3.8) is 0 Å². The minimum Gasteiger partial charge on any atom is -0.241 e. The summed E-state index contributed by atoms with van der Waals surface area (Å²) in [7, 11) is 0. The van der Waals surface area contributed by atoms with Crippen LogP contribution in [-0.2, 0) is 6.42 Å². The van der Waals surface area contributed by atoms with E-state index in [4.69, 9.17) is 11.6 Å². The number of aryl methyl sites for hydroxylation is 1. The van der Waals surface area contributed by atoms with Crippen molar-refractivity contribution in [1.29, 1.82) is 0 Å². The third kappa shape index (κ3) is 3.18. The van der Waals surface area contributed by atoms with Gasteiger partial charge in [0.05, 0.1) is 0 Å². The molecular weight excluding hydrogens is 172 g/mol. The van der Waals surface area contributed by atoms with Gasteiger partial charge in [0, 0.05) is 12.6 Å². The van der Waals surface area contributed by atoms with Gasteiger partial charge in [-0.15, -0.1) is 0 Å². The molecule has 12 heavy (non-hydrogen) atoms. The van der Waals surface area contributed by atoms with Gasteiger partial charge in [-0.25, -0.2) is 9.97 Å². The quantitative estimate of drug-likeness (QED) is 0.676. The Balaban J connectivity index is 2.52. The fourth-order valence-electron chi connectivity index (χ4n) is 0.912. The van der Waals surface area contributed by atoms with Crippen molar-refractivity contribution >= 4 is 11.6 Å². The lowest BCUT2D eigenvalue weighted by atomic mass is 10.1. The van der Waals surface area contributed by atoms with Crippen molar-refractivity contribution in [2.45, 2.75) is 26.7 Å². The van der Waals surface area contributed by atoms with Crippen molar-refractivity contribution in [3.8, 4) is 0 Å². The van der Waals surface area contributed by atoms with Gasteiger partial charge in [-0.2, -0.15) is 0 Å². The Morgan fingerprint density at radius 3 is 2.83 bits per heavy atom. The molecule has 0 aliphatic heterocycles. The molecule has 0 N–H and O–H groups in total. The lowest BCUT2D eigenvalue weighted by Crippen LogP contribution is -1.97. The molecule has 66 valence electrons. The van der Waals surface area contributed by atoms with Gasteiger partial charge in [-0.3, -0.25) is 0 Å². The molecule has 0 unspecified atom stereocenters. The van der Waals surface area contributed by atoms with E-state index in [1.54, 1.807) is 12.3 Å². The van der Waals surface area contributed by atoms with Crippen LogP contribution in [0.15, 0.2) is 12.3 Å². The van der Waals surface area contributed by atoms with Crippen LogP contribution in [0.25, 0.3) is 0 Å². The first-order valence-electron chi connectivity index (χ1n) is 4.16. The van der Waals surface area contributed by atoms with Crippen LogP contribution in [0.1, 0.15) is 26.1 Å². The molecule has 0 spiro atoms. The Morgan fingerprint density at radius 1 is 1.50 bits per heavy atom.